The lowest BCUT2D eigenvalue weighted by molar-refractivity contribution is -0.120. The molecule has 196 valence electrons. The average molecular weight is 541 g/mol. The molecule has 0 aromatic heterocycles. The molecule has 3 aromatic rings. The number of sulfonamides is 1. The van der Waals surface area contributed by atoms with Gasteiger partial charge in [-0.2, -0.15) is 0 Å². The van der Waals surface area contributed by atoms with Gasteiger partial charge < -0.3 is 10.1 Å². The van der Waals surface area contributed by atoms with Crippen LogP contribution in [0.3, 0.4) is 0 Å². The Hall–Kier alpha value is -3.03. The van der Waals surface area contributed by atoms with E-state index in [1.54, 1.807) is 24.3 Å². The van der Waals surface area contributed by atoms with Gasteiger partial charge in [-0.05, 0) is 104 Å². The minimum atomic E-state index is -4.04. The summed E-state index contributed by atoms with van der Waals surface area (Å²) in [5.74, 6) is 0.244. The molecule has 0 saturated carbocycles. The molecule has 0 unspecified atom stereocenters. The van der Waals surface area contributed by atoms with E-state index in [1.165, 1.54) is 48.2 Å². The van der Waals surface area contributed by atoms with Crippen molar-refractivity contribution in [1.82, 2.24) is 5.32 Å². The lowest BCUT2D eigenvalue weighted by Gasteiger charge is -2.26. The van der Waals surface area contributed by atoms with E-state index >= 15 is 0 Å². The minimum absolute atomic E-state index is 0.0558. The second-order valence-corrected chi connectivity index (χ2v) is 11.5. The van der Waals surface area contributed by atoms with E-state index in [4.69, 9.17) is 16.3 Å². The highest BCUT2D eigenvalue weighted by atomic mass is 35.5. The molecule has 0 spiro atoms. The van der Waals surface area contributed by atoms with Crippen molar-refractivity contribution in [2.24, 2.45) is 0 Å². The van der Waals surface area contributed by atoms with Crippen molar-refractivity contribution in [3.8, 4) is 5.75 Å². The number of carbonyl (C=O) groups is 1. The molecule has 8 heteroatoms. The molecular formula is C29H33ClN2O4S. The lowest BCUT2D eigenvalue weighted by Crippen LogP contribution is -2.42. The number of carbonyl (C=O) groups excluding carboxylic acids is 1. The zero-order valence-corrected chi connectivity index (χ0v) is 22.8. The molecule has 6 nitrogen and oxygen atoms in total. The van der Waals surface area contributed by atoms with Crippen LogP contribution < -0.4 is 14.4 Å². The molecule has 0 aliphatic heterocycles. The van der Waals surface area contributed by atoms with E-state index in [1.807, 2.05) is 13.8 Å². The number of rotatable bonds is 10. The summed E-state index contributed by atoms with van der Waals surface area (Å²) in [5, 5.41) is 3.49. The Bertz CT molecular complexity index is 1330. The zero-order chi connectivity index (χ0) is 26.4. The number of hydrogen-bond acceptors (Lipinski definition) is 4. The SMILES string of the molecule is CCOc1ccc(N(CC(=O)N[C@H](CC)c2ccc3c(c2)CCCC3)S(=O)(=O)c2ccc(Cl)cc2)cc1. The van der Waals surface area contributed by atoms with E-state index in [0.29, 0.717) is 29.5 Å². The van der Waals surface area contributed by atoms with E-state index in [2.05, 4.69) is 23.5 Å². The smallest absolute Gasteiger partial charge is 0.264 e. The molecule has 0 saturated heterocycles. The fourth-order valence-electron chi connectivity index (χ4n) is 4.69. The first-order valence-electron chi connectivity index (χ1n) is 12.7. The van der Waals surface area contributed by atoms with E-state index in [-0.39, 0.29) is 23.4 Å². The molecule has 0 radical (unpaired) electrons. The van der Waals surface area contributed by atoms with Gasteiger partial charge in [0.1, 0.15) is 12.3 Å². The van der Waals surface area contributed by atoms with Gasteiger partial charge in [0.2, 0.25) is 5.91 Å². The minimum Gasteiger partial charge on any atom is -0.494 e. The first kappa shape index (κ1) is 27.0. The summed E-state index contributed by atoms with van der Waals surface area (Å²) in [7, 11) is -4.04. The molecule has 0 bridgehead atoms. The predicted molar refractivity (Wildman–Crippen MR) is 148 cm³/mol. The van der Waals surface area contributed by atoms with Crippen LogP contribution in [-0.4, -0.2) is 27.5 Å². The van der Waals surface area contributed by atoms with Gasteiger partial charge in [-0.3, -0.25) is 9.10 Å². The van der Waals surface area contributed by atoms with Gasteiger partial charge in [0.05, 0.1) is 23.2 Å². The third-order valence-corrected chi connectivity index (χ3v) is 8.68. The molecule has 1 N–H and O–H groups in total. The van der Waals surface area contributed by atoms with Crippen molar-refractivity contribution in [3.63, 3.8) is 0 Å². The van der Waals surface area contributed by atoms with Crippen molar-refractivity contribution in [1.29, 1.82) is 0 Å². The standard InChI is InChI=1S/C29H33ClN2O4S/c1-3-28(23-10-9-21-7-5-6-8-22(21)19-23)31-29(33)20-32(25-13-15-26(16-14-25)36-4-2)37(34,35)27-17-11-24(30)12-18-27/h9-19,28H,3-8,20H2,1-2H3,(H,31,33)/t28-/m1/s1. The Labute approximate surface area is 224 Å². The largest absolute Gasteiger partial charge is 0.494 e. The van der Waals surface area contributed by atoms with Crippen LogP contribution >= 0.6 is 11.6 Å². The zero-order valence-electron chi connectivity index (χ0n) is 21.2. The Balaban J connectivity index is 1.59. The van der Waals surface area contributed by atoms with Crippen molar-refractivity contribution >= 4 is 33.2 Å². The number of fused-ring (bicyclic) bond motifs is 1. The van der Waals surface area contributed by atoms with Crippen LogP contribution in [0.1, 0.15) is 55.8 Å². The van der Waals surface area contributed by atoms with Crippen molar-refractivity contribution < 1.29 is 17.9 Å². The highest BCUT2D eigenvalue weighted by molar-refractivity contribution is 7.92. The van der Waals surface area contributed by atoms with Gasteiger partial charge >= 0.3 is 0 Å². The highest BCUT2D eigenvalue weighted by Crippen LogP contribution is 2.28. The van der Waals surface area contributed by atoms with Crippen LogP contribution in [0.15, 0.2) is 71.6 Å². The fourth-order valence-corrected chi connectivity index (χ4v) is 6.23. The maximum absolute atomic E-state index is 13.6. The summed E-state index contributed by atoms with van der Waals surface area (Å²) in [6, 6.07) is 18.8. The Morgan fingerprint density at radius 1 is 0.973 bits per heavy atom. The van der Waals surface area contributed by atoms with Crippen LogP contribution in [-0.2, 0) is 27.7 Å². The maximum atomic E-state index is 13.6. The second-order valence-electron chi connectivity index (χ2n) is 9.16. The molecule has 0 heterocycles. The van der Waals surface area contributed by atoms with Crippen molar-refractivity contribution in [2.75, 3.05) is 17.5 Å². The third-order valence-electron chi connectivity index (χ3n) is 6.64. The summed E-state index contributed by atoms with van der Waals surface area (Å²) in [6.07, 6.45) is 5.23. The molecular weight excluding hydrogens is 508 g/mol. The van der Waals surface area contributed by atoms with E-state index in [9.17, 15) is 13.2 Å². The molecule has 0 fully saturated rings. The van der Waals surface area contributed by atoms with E-state index in [0.717, 1.165) is 22.7 Å². The summed E-state index contributed by atoms with van der Waals surface area (Å²) in [6.45, 7) is 4.03. The average Bonchev–Trinajstić information content (AvgIpc) is 2.91. The summed E-state index contributed by atoms with van der Waals surface area (Å²) < 4.78 is 33.9. The first-order valence-corrected chi connectivity index (χ1v) is 14.6. The third kappa shape index (κ3) is 6.46. The number of ether oxygens (including phenoxy) is 1. The normalized spacial score (nSPS) is 13.9. The highest BCUT2D eigenvalue weighted by Gasteiger charge is 2.28. The van der Waals surface area contributed by atoms with Crippen molar-refractivity contribution in [2.45, 2.75) is 56.9 Å². The van der Waals surface area contributed by atoms with Crippen LogP contribution in [0.2, 0.25) is 5.02 Å². The predicted octanol–water partition coefficient (Wildman–Crippen LogP) is 6.08. The fraction of sp³-hybridized carbons (Fsp3) is 0.345. The van der Waals surface area contributed by atoms with Gasteiger partial charge in [0, 0.05) is 5.02 Å². The number of benzene rings is 3. The maximum Gasteiger partial charge on any atom is 0.264 e. The number of nitrogens with one attached hydrogen (secondary N) is 1. The summed E-state index contributed by atoms with van der Waals surface area (Å²) in [5.41, 5.74) is 4.14. The number of hydrogen-bond donors (Lipinski definition) is 1. The van der Waals surface area contributed by atoms with Crippen molar-refractivity contribution in [3.05, 3.63) is 88.4 Å². The Kier molecular flexibility index (Phi) is 8.77. The molecule has 1 atom stereocenters. The quantitative estimate of drug-likeness (QED) is 0.338. The number of anilines is 1. The van der Waals surface area contributed by atoms with Crippen LogP contribution in [0.25, 0.3) is 0 Å². The van der Waals surface area contributed by atoms with Crippen LogP contribution in [0, 0.1) is 0 Å². The number of halogens is 1. The number of amides is 1. The number of aryl methyl sites for hydroxylation is 2. The monoisotopic (exact) mass is 540 g/mol. The van der Waals surface area contributed by atoms with Gasteiger partial charge in [-0.25, -0.2) is 8.42 Å². The molecule has 4 rings (SSSR count). The molecule has 37 heavy (non-hydrogen) atoms. The summed E-state index contributed by atoms with van der Waals surface area (Å²) >= 11 is 5.98. The molecule has 1 aliphatic rings. The molecule has 3 aromatic carbocycles. The Morgan fingerprint density at radius 3 is 2.30 bits per heavy atom. The number of nitrogens with zero attached hydrogens (tertiary/aromatic N) is 1. The van der Waals surface area contributed by atoms with Crippen LogP contribution in [0.5, 0.6) is 5.75 Å². The molecule has 1 aliphatic carbocycles. The van der Waals surface area contributed by atoms with Gasteiger partial charge in [-0.15, -0.1) is 0 Å². The Morgan fingerprint density at radius 2 is 1.65 bits per heavy atom. The first-order chi connectivity index (χ1) is 17.8. The topological polar surface area (TPSA) is 75.7 Å². The van der Waals surface area contributed by atoms with Crippen LogP contribution in [0.4, 0.5) is 5.69 Å². The van der Waals surface area contributed by atoms with E-state index < -0.39 is 10.0 Å². The summed E-state index contributed by atoms with van der Waals surface area (Å²) in [4.78, 5) is 13.4. The van der Waals surface area contributed by atoms with Gasteiger partial charge in [-0.1, -0.05) is 36.7 Å². The lowest BCUT2D eigenvalue weighted by atomic mass is 9.89. The van der Waals surface area contributed by atoms with Gasteiger partial charge in [0.15, 0.2) is 0 Å². The van der Waals surface area contributed by atoms with Gasteiger partial charge in [0.25, 0.3) is 10.0 Å². The second kappa shape index (κ2) is 12.0. The molecule has 1 amide bonds.